The van der Waals surface area contributed by atoms with Crippen LogP contribution in [0.2, 0.25) is 0 Å². The first-order valence-electron chi connectivity index (χ1n) is 6.87. The first-order valence-corrected chi connectivity index (χ1v) is 7.75. The van der Waals surface area contributed by atoms with Gasteiger partial charge < -0.3 is 5.73 Å². The summed E-state index contributed by atoms with van der Waals surface area (Å²) in [6.07, 6.45) is 1.83. The minimum Gasteiger partial charge on any atom is -0.388 e. The molecule has 0 saturated heterocycles. The van der Waals surface area contributed by atoms with E-state index in [-0.39, 0.29) is 5.84 Å². The quantitative estimate of drug-likeness (QED) is 0.621. The van der Waals surface area contributed by atoms with Gasteiger partial charge in [-0.15, -0.1) is 11.8 Å². The summed E-state index contributed by atoms with van der Waals surface area (Å²) in [6.45, 7) is 6.39. The van der Waals surface area contributed by atoms with Gasteiger partial charge in [0.2, 0.25) is 0 Å². The average Bonchev–Trinajstić information content (AvgIpc) is 2.76. The lowest BCUT2D eigenvalue weighted by atomic mass is 10.1. The third-order valence-electron chi connectivity index (χ3n) is 3.55. The molecule has 1 aliphatic heterocycles. The van der Waals surface area contributed by atoms with Crippen molar-refractivity contribution in [3.8, 4) is 0 Å². The molecule has 19 heavy (non-hydrogen) atoms. The van der Waals surface area contributed by atoms with Crippen LogP contribution in [-0.2, 0) is 6.42 Å². The number of nitrogens with zero attached hydrogens (tertiary/aromatic N) is 1. The molecule has 0 bridgehead atoms. The number of thioether (sulfide) groups is 1. The molecule has 1 aromatic carbocycles. The largest absolute Gasteiger partial charge is 0.388 e. The molecule has 1 aliphatic rings. The zero-order valence-electron chi connectivity index (χ0n) is 11.7. The van der Waals surface area contributed by atoms with E-state index in [9.17, 15) is 0 Å². The van der Waals surface area contributed by atoms with E-state index in [0.29, 0.717) is 17.7 Å². The Hall–Kier alpha value is -1.00. The number of nitrogens with one attached hydrogen (secondary N) is 1. The summed E-state index contributed by atoms with van der Waals surface area (Å²) >= 11 is 1.99. The third-order valence-corrected chi connectivity index (χ3v) is 4.85. The smallest absolute Gasteiger partial charge is 0.0918 e. The lowest BCUT2D eigenvalue weighted by molar-refractivity contribution is 0.229. The molecule has 0 amide bonds. The SMILES string of the molecule is CC(C)N(CCC(=N)N)CC1Cc2ccccc2S1. The predicted molar refractivity (Wildman–Crippen MR) is 83.0 cm³/mol. The van der Waals surface area contributed by atoms with Crippen LogP contribution in [-0.4, -0.2) is 35.1 Å². The van der Waals surface area contributed by atoms with Crippen LogP contribution >= 0.6 is 11.8 Å². The number of fused-ring (bicyclic) bond motifs is 1. The van der Waals surface area contributed by atoms with E-state index in [1.807, 2.05) is 11.8 Å². The summed E-state index contributed by atoms with van der Waals surface area (Å²) < 4.78 is 0. The highest BCUT2D eigenvalue weighted by atomic mass is 32.2. The number of rotatable bonds is 6. The first kappa shape index (κ1) is 14.4. The van der Waals surface area contributed by atoms with Crippen LogP contribution in [0.4, 0.5) is 0 Å². The van der Waals surface area contributed by atoms with Crippen molar-refractivity contribution >= 4 is 17.6 Å². The van der Waals surface area contributed by atoms with Crippen LogP contribution in [0.25, 0.3) is 0 Å². The van der Waals surface area contributed by atoms with Gasteiger partial charge in [-0.1, -0.05) is 18.2 Å². The number of amidine groups is 1. The van der Waals surface area contributed by atoms with Gasteiger partial charge in [-0.2, -0.15) is 0 Å². The average molecular weight is 277 g/mol. The maximum atomic E-state index is 7.36. The second-order valence-corrected chi connectivity index (χ2v) is 6.76. The lowest BCUT2D eigenvalue weighted by Crippen LogP contribution is -2.38. The van der Waals surface area contributed by atoms with Crippen molar-refractivity contribution in [3.05, 3.63) is 29.8 Å². The summed E-state index contributed by atoms with van der Waals surface area (Å²) in [5.41, 5.74) is 6.95. The Morgan fingerprint density at radius 1 is 1.47 bits per heavy atom. The summed E-state index contributed by atoms with van der Waals surface area (Å²) in [5.74, 6) is 0.285. The van der Waals surface area contributed by atoms with Crippen molar-refractivity contribution in [2.45, 2.75) is 42.9 Å². The van der Waals surface area contributed by atoms with E-state index in [4.69, 9.17) is 11.1 Å². The van der Waals surface area contributed by atoms with Gasteiger partial charge in [0.15, 0.2) is 0 Å². The van der Waals surface area contributed by atoms with Gasteiger partial charge in [-0.25, -0.2) is 0 Å². The summed E-state index contributed by atoms with van der Waals surface area (Å²) in [7, 11) is 0. The van der Waals surface area contributed by atoms with Crippen LogP contribution in [0.15, 0.2) is 29.2 Å². The number of nitrogens with two attached hydrogens (primary N) is 1. The van der Waals surface area contributed by atoms with Gasteiger partial charge in [0.25, 0.3) is 0 Å². The molecule has 0 fully saturated rings. The summed E-state index contributed by atoms with van der Waals surface area (Å²) in [5, 5.41) is 8.00. The van der Waals surface area contributed by atoms with Gasteiger partial charge >= 0.3 is 0 Å². The molecule has 0 saturated carbocycles. The second kappa shape index (κ2) is 6.44. The van der Waals surface area contributed by atoms with E-state index in [1.54, 1.807) is 0 Å². The molecule has 2 rings (SSSR count). The predicted octanol–water partition coefficient (Wildman–Crippen LogP) is 2.74. The van der Waals surface area contributed by atoms with E-state index in [1.165, 1.54) is 10.5 Å². The van der Waals surface area contributed by atoms with Gasteiger partial charge in [0.1, 0.15) is 0 Å². The Bertz CT molecular complexity index is 420. The highest BCUT2D eigenvalue weighted by Gasteiger charge is 2.24. The second-order valence-electron chi connectivity index (χ2n) is 5.42. The van der Waals surface area contributed by atoms with Crippen LogP contribution in [0.1, 0.15) is 25.8 Å². The Kier molecular flexibility index (Phi) is 4.88. The first-order chi connectivity index (χ1) is 9.06. The van der Waals surface area contributed by atoms with E-state index in [0.717, 1.165) is 19.5 Å². The molecule has 104 valence electrons. The van der Waals surface area contributed by atoms with Gasteiger partial charge in [0.05, 0.1) is 5.84 Å². The standard InChI is InChI=1S/C15H23N3S/c1-11(2)18(8-7-15(16)17)10-13-9-12-5-3-4-6-14(12)19-13/h3-6,11,13H,7-10H2,1-2H3,(H3,16,17). The lowest BCUT2D eigenvalue weighted by Gasteiger charge is -2.28. The topological polar surface area (TPSA) is 53.1 Å². The minimum absolute atomic E-state index is 0.285. The molecule has 0 aliphatic carbocycles. The zero-order valence-corrected chi connectivity index (χ0v) is 12.5. The fraction of sp³-hybridized carbons (Fsp3) is 0.533. The van der Waals surface area contributed by atoms with E-state index < -0.39 is 0 Å². The van der Waals surface area contributed by atoms with Crippen LogP contribution in [0.3, 0.4) is 0 Å². The van der Waals surface area contributed by atoms with E-state index in [2.05, 4.69) is 43.0 Å². The van der Waals surface area contributed by atoms with Crippen molar-refractivity contribution < 1.29 is 0 Å². The highest BCUT2D eigenvalue weighted by Crippen LogP contribution is 2.37. The number of benzene rings is 1. The van der Waals surface area contributed by atoms with Crippen molar-refractivity contribution in [2.75, 3.05) is 13.1 Å². The monoisotopic (exact) mass is 277 g/mol. The van der Waals surface area contributed by atoms with Crippen molar-refractivity contribution in [1.82, 2.24) is 4.90 Å². The Morgan fingerprint density at radius 3 is 2.84 bits per heavy atom. The summed E-state index contributed by atoms with van der Waals surface area (Å²) in [4.78, 5) is 3.87. The molecule has 4 heteroatoms. The molecule has 1 aromatic rings. The molecular formula is C15H23N3S. The summed E-state index contributed by atoms with van der Waals surface area (Å²) in [6, 6.07) is 9.19. The third kappa shape index (κ3) is 3.98. The van der Waals surface area contributed by atoms with E-state index >= 15 is 0 Å². The number of hydrogen-bond donors (Lipinski definition) is 2. The van der Waals surface area contributed by atoms with Crippen molar-refractivity contribution in [3.63, 3.8) is 0 Å². The normalized spacial score (nSPS) is 18.0. The van der Waals surface area contributed by atoms with Gasteiger partial charge in [-0.3, -0.25) is 10.3 Å². The molecule has 3 nitrogen and oxygen atoms in total. The molecule has 0 spiro atoms. The molecule has 1 atom stereocenters. The molecule has 3 N–H and O–H groups in total. The molecule has 0 radical (unpaired) electrons. The minimum atomic E-state index is 0.285. The van der Waals surface area contributed by atoms with Gasteiger partial charge in [0, 0.05) is 35.7 Å². The molecule has 1 heterocycles. The Labute approximate surface area is 120 Å². The van der Waals surface area contributed by atoms with Crippen LogP contribution < -0.4 is 5.73 Å². The Balaban J connectivity index is 1.91. The molecule has 0 aromatic heterocycles. The number of hydrogen-bond acceptors (Lipinski definition) is 3. The maximum Gasteiger partial charge on any atom is 0.0918 e. The Morgan fingerprint density at radius 2 is 2.21 bits per heavy atom. The highest BCUT2D eigenvalue weighted by molar-refractivity contribution is 8.00. The zero-order chi connectivity index (χ0) is 13.8. The maximum absolute atomic E-state index is 7.36. The molecular weight excluding hydrogens is 254 g/mol. The van der Waals surface area contributed by atoms with Crippen LogP contribution in [0.5, 0.6) is 0 Å². The van der Waals surface area contributed by atoms with Crippen molar-refractivity contribution in [2.24, 2.45) is 5.73 Å². The fourth-order valence-electron chi connectivity index (χ4n) is 2.44. The molecule has 1 unspecified atom stereocenters. The van der Waals surface area contributed by atoms with Gasteiger partial charge in [-0.05, 0) is 31.9 Å². The fourth-order valence-corrected chi connectivity index (χ4v) is 3.79. The van der Waals surface area contributed by atoms with Crippen LogP contribution in [0, 0.1) is 5.41 Å². The van der Waals surface area contributed by atoms with Crippen molar-refractivity contribution in [1.29, 1.82) is 5.41 Å².